The van der Waals surface area contributed by atoms with Gasteiger partial charge in [0.2, 0.25) is 5.91 Å². The van der Waals surface area contributed by atoms with Gasteiger partial charge in [-0.15, -0.1) is 0 Å². The van der Waals surface area contributed by atoms with Crippen LogP contribution >= 0.6 is 0 Å². The van der Waals surface area contributed by atoms with E-state index >= 15 is 0 Å². The predicted molar refractivity (Wildman–Crippen MR) is 83.5 cm³/mol. The maximum atomic E-state index is 13.2. The molecule has 0 spiro atoms. The molecule has 126 valence electrons. The van der Waals surface area contributed by atoms with Gasteiger partial charge >= 0.3 is 0 Å². The minimum atomic E-state index is -1.06. The molecule has 0 fully saturated rings. The second-order valence-corrected chi connectivity index (χ2v) is 5.10. The van der Waals surface area contributed by atoms with Gasteiger partial charge in [-0.05, 0) is 23.8 Å². The lowest BCUT2D eigenvalue weighted by Gasteiger charge is -2.17. The Balaban J connectivity index is 2.19. The molecule has 0 heterocycles. The van der Waals surface area contributed by atoms with Crippen LogP contribution in [0.2, 0.25) is 0 Å². The molecule has 1 atom stereocenters. The predicted octanol–water partition coefficient (Wildman–Crippen LogP) is 1.80. The maximum Gasteiger partial charge on any atom is 0.252 e. The van der Waals surface area contributed by atoms with Crippen molar-refractivity contribution in [2.75, 3.05) is 7.11 Å². The summed E-state index contributed by atoms with van der Waals surface area (Å²) in [7, 11) is 1.48. The summed E-state index contributed by atoms with van der Waals surface area (Å²) in [5.41, 5.74) is 5.74. The van der Waals surface area contributed by atoms with Crippen LogP contribution in [-0.2, 0) is 11.2 Å². The molecular formula is C17H16F2N2O3. The van der Waals surface area contributed by atoms with Crippen molar-refractivity contribution in [3.63, 3.8) is 0 Å². The van der Waals surface area contributed by atoms with E-state index in [2.05, 4.69) is 5.32 Å². The molecule has 2 aromatic carbocycles. The van der Waals surface area contributed by atoms with Gasteiger partial charge in [0.25, 0.3) is 5.91 Å². The van der Waals surface area contributed by atoms with Crippen LogP contribution in [-0.4, -0.2) is 25.0 Å². The number of nitrogens with one attached hydrogen (secondary N) is 1. The molecule has 0 aliphatic carbocycles. The first kappa shape index (κ1) is 17.4. The van der Waals surface area contributed by atoms with Crippen molar-refractivity contribution in [3.05, 3.63) is 65.2 Å². The average Bonchev–Trinajstić information content (AvgIpc) is 2.53. The Morgan fingerprint density at radius 1 is 1.17 bits per heavy atom. The van der Waals surface area contributed by atoms with Gasteiger partial charge in [-0.3, -0.25) is 9.59 Å². The van der Waals surface area contributed by atoms with E-state index in [-0.39, 0.29) is 12.0 Å². The van der Waals surface area contributed by atoms with Crippen LogP contribution in [0.3, 0.4) is 0 Å². The first-order valence-corrected chi connectivity index (χ1v) is 7.09. The van der Waals surface area contributed by atoms with Crippen molar-refractivity contribution >= 4 is 11.8 Å². The van der Waals surface area contributed by atoms with Gasteiger partial charge in [-0.2, -0.15) is 0 Å². The zero-order valence-electron chi connectivity index (χ0n) is 12.9. The summed E-state index contributed by atoms with van der Waals surface area (Å²) >= 11 is 0. The Bertz CT molecular complexity index is 745. The number of nitrogens with two attached hydrogens (primary N) is 1. The van der Waals surface area contributed by atoms with E-state index in [1.807, 2.05) is 0 Å². The Morgan fingerprint density at radius 2 is 1.79 bits per heavy atom. The monoisotopic (exact) mass is 334 g/mol. The molecule has 2 rings (SSSR count). The van der Waals surface area contributed by atoms with Gasteiger partial charge in [0.1, 0.15) is 23.4 Å². The number of halogens is 2. The lowest BCUT2D eigenvalue weighted by Crippen LogP contribution is -2.46. The van der Waals surface area contributed by atoms with Crippen molar-refractivity contribution in [2.45, 2.75) is 12.5 Å². The van der Waals surface area contributed by atoms with E-state index in [1.54, 1.807) is 24.3 Å². The standard InChI is InChI=1S/C17H16F2N2O3/c1-24-15-5-3-2-4-10(15)8-14(16(20)22)21-17(23)11-6-12(18)9-13(19)7-11/h2-7,9,14H,8H2,1H3,(H2,20,22)(H,21,23)/t14-/m0/s1. The number of hydrogen-bond acceptors (Lipinski definition) is 3. The largest absolute Gasteiger partial charge is 0.496 e. The van der Waals surface area contributed by atoms with Crippen LogP contribution in [0.15, 0.2) is 42.5 Å². The van der Waals surface area contributed by atoms with Crippen molar-refractivity contribution in [2.24, 2.45) is 5.73 Å². The third-order valence-corrected chi connectivity index (χ3v) is 3.39. The molecule has 0 unspecified atom stereocenters. The number of carbonyl (C=O) groups excluding carboxylic acids is 2. The number of carbonyl (C=O) groups is 2. The van der Waals surface area contributed by atoms with E-state index in [0.29, 0.717) is 17.4 Å². The summed E-state index contributed by atoms with van der Waals surface area (Å²) in [5.74, 6) is -2.81. The Labute approximate surface area is 137 Å². The molecule has 2 aromatic rings. The fourth-order valence-electron chi connectivity index (χ4n) is 2.24. The van der Waals surface area contributed by atoms with Crippen molar-refractivity contribution in [1.29, 1.82) is 0 Å². The third-order valence-electron chi connectivity index (χ3n) is 3.39. The minimum Gasteiger partial charge on any atom is -0.496 e. The molecular weight excluding hydrogens is 318 g/mol. The smallest absolute Gasteiger partial charge is 0.252 e. The molecule has 0 bridgehead atoms. The van der Waals surface area contributed by atoms with Gasteiger partial charge in [0, 0.05) is 18.1 Å². The van der Waals surface area contributed by atoms with Gasteiger partial charge in [0.05, 0.1) is 7.11 Å². The highest BCUT2D eigenvalue weighted by Gasteiger charge is 2.21. The van der Waals surface area contributed by atoms with Crippen LogP contribution in [0.25, 0.3) is 0 Å². The molecule has 7 heteroatoms. The van der Waals surface area contributed by atoms with Gasteiger partial charge in [0.15, 0.2) is 0 Å². The number of amides is 2. The highest BCUT2D eigenvalue weighted by atomic mass is 19.1. The maximum absolute atomic E-state index is 13.2. The SMILES string of the molecule is COc1ccccc1C[C@H](NC(=O)c1cc(F)cc(F)c1)C(N)=O. The molecule has 2 amide bonds. The van der Waals surface area contributed by atoms with Gasteiger partial charge in [-0.1, -0.05) is 18.2 Å². The number of methoxy groups -OCH3 is 1. The van der Waals surface area contributed by atoms with E-state index in [0.717, 1.165) is 12.1 Å². The first-order chi connectivity index (χ1) is 11.4. The summed E-state index contributed by atoms with van der Waals surface area (Å²) in [4.78, 5) is 23.7. The molecule has 0 saturated carbocycles. The number of rotatable bonds is 6. The second-order valence-electron chi connectivity index (χ2n) is 5.10. The molecule has 0 aromatic heterocycles. The fourth-order valence-corrected chi connectivity index (χ4v) is 2.24. The number of hydrogen-bond donors (Lipinski definition) is 2. The first-order valence-electron chi connectivity index (χ1n) is 7.09. The molecule has 0 aliphatic heterocycles. The average molecular weight is 334 g/mol. The van der Waals surface area contributed by atoms with Gasteiger partial charge < -0.3 is 15.8 Å². The molecule has 0 saturated heterocycles. The minimum absolute atomic E-state index is 0.0862. The number of primary amides is 1. The quantitative estimate of drug-likeness (QED) is 0.845. The van der Waals surface area contributed by atoms with Crippen LogP contribution in [0, 0.1) is 11.6 Å². The Kier molecular flexibility index (Phi) is 5.47. The third kappa shape index (κ3) is 4.28. The number of ether oxygens (including phenoxy) is 1. The topological polar surface area (TPSA) is 81.4 Å². The number of benzene rings is 2. The van der Waals surface area contributed by atoms with E-state index in [4.69, 9.17) is 10.5 Å². The van der Waals surface area contributed by atoms with E-state index in [1.165, 1.54) is 7.11 Å². The van der Waals surface area contributed by atoms with Crippen LogP contribution in [0.5, 0.6) is 5.75 Å². The highest BCUT2D eigenvalue weighted by molar-refractivity contribution is 5.97. The summed E-state index contributed by atoms with van der Waals surface area (Å²) in [6, 6.07) is 8.28. The molecule has 24 heavy (non-hydrogen) atoms. The summed E-state index contributed by atoms with van der Waals surface area (Å²) < 4.78 is 31.6. The zero-order chi connectivity index (χ0) is 17.7. The van der Waals surface area contributed by atoms with Crippen molar-refractivity contribution in [3.8, 4) is 5.75 Å². The Morgan fingerprint density at radius 3 is 2.38 bits per heavy atom. The summed E-state index contributed by atoms with van der Waals surface area (Å²) in [6.07, 6.45) is 0.0862. The van der Waals surface area contributed by atoms with E-state index in [9.17, 15) is 18.4 Å². The van der Waals surface area contributed by atoms with Crippen molar-refractivity contribution < 1.29 is 23.1 Å². The van der Waals surface area contributed by atoms with Crippen LogP contribution < -0.4 is 15.8 Å². The lowest BCUT2D eigenvalue weighted by atomic mass is 10.0. The fraction of sp³-hybridized carbons (Fsp3) is 0.176. The van der Waals surface area contributed by atoms with Crippen LogP contribution in [0.4, 0.5) is 8.78 Å². The van der Waals surface area contributed by atoms with Crippen molar-refractivity contribution in [1.82, 2.24) is 5.32 Å². The van der Waals surface area contributed by atoms with Crippen LogP contribution in [0.1, 0.15) is 15.9 Å². The lowest BCUT2D eigenvalue weighted by molar-refractivity contribution is -0.119. The molecule has 0 radical (unpaired) electrons. The number of para-hydroxylation sites is 1. The second kappa shape index (κ2) is 7.54. The molecule has 3 N–H and O–H groups in total. The highest BCUT2D eigenvalue weighted by Crippen LogP contribution is 2.19. The zero-order valence-corrected chi connectivity index (χ0v) is 12.9. The Hall–Kier alpha value is -2.96. The normalized spacial score (nSPS) is 11.6. The summed E-state index contributed by atoms with van der Waals surface area (Å²) in [5, 5.41) is 2.38. The molecule has 0 aliphatic rings. The summed E-state index contributed by atoms with van der Waals surface area (Å²) in [6.45, 7) is 0. The molecule has 5 nitrogen and oxygen atoms in total. The van der Waals surface area contributed by atoms with E-state index < -0.39 is 29.5 Å². The van der Waals surface area contributed by atoms with Gasteiger partial charge in [-0.25, -0.2) is 8.78 Å².